The SMILES string of the molecule is O=C(O)c1cnn(C2CCN(C(=O)c3ccc(OC4CCOCC4)cc3)CC2)c1. The normalized spacial score (nSPS) is 18.6. The van der Waals surface area contributed by atoms with Gasteiger partial charge in [-0.1, -0.05) is 0 Å². The minimum atomic E-state index is -0.979. The number of hydrogen-bond acceptors (Lipinski definition) is 5. The summed E-state index contributed by atoms with van der Waals surface area (Å²) in [6.45, 7) is 2.69. The number of amides is 1. The van der Waals surface area contributed by atoms with Crippen LogP contribution in [0.1, 0.15) is 52.4 Å². The van der Waals surface area contributed by atoms with Gasteiger partial charge in [-0.25, -0.2) is 4.79 Å². The standard InChI is InChI=1S/C21H25N3O5/c25-20(15-1-3-18(4-2-15)29-19-7-11-28-12-8-19)23-9-5-17(6-10-23)24-14-16(13-22-24)21(26)27/h1-4,13-14,17,19H,5-12H2,(H,26,27). The van der Waals surface area contributed by atoms with Gasteiger partial charge in [0.1, 0.15) is 11.9 Å². The molecule has 2 saturated heterocycles. The molecule has 0 bridgehead atoms. The molecule has 0 aliphatic carbocycles. The maximum atomic E-state index is 12.8. The molecule has 2 fully saturated rings. The van der Waals surface area contributed by atoms with Crippen molar-refractivity contribution >= 4 is 11.9 Å². The highest BCUT2D eigenvalue weighted by atomic mass is 16.5. The van der Waals surface area contributed by atoms with Crippen LogP contribution in [-0.4, -0.2) is 64.1 Å². The van der Waals surface area contributed by atoms with Crippen LogP contribution in [0.5, 0.6) is 5.75 Å². The number of carbonyl (C=O) groups excluding carboxylic acids is 1. The van der Waals surface area contributed by atoms with Crippen LogP contribution in [0.3, 0.4) is 0 Å². The molecule has 29 heavy (non-hydrogen) atoms. The number of likely N-dealkylation sites (tertiary alicyclic amines) is 1. The summed E-state index contributed by atoms with van der Waals surface area (Å²) in [5, 5.41) is 13.2. The van der Waals surface area contributed by atoms with Crippen molar-refractivity contribution in [1.82, 2.24) is 14.7 Å². The predicted octanol–water partition coefficient (Wildman–Crippen LogP) is 2.62. The lowest BCUT2D eigenvalue weighted by atomic mass is 10.0. The first-order valence-electron chi connectivity index (χ1n) is 10.0. The van der Waals surface area contributed by atoms with Gasteiger partial charge in [-0.05, 0) is 37.1 Å². The Morgan fingerprint density at radius 3 is 2.34 bits per heavy atom. The fraction of sp³-hybridized carbons (Fsp3) is 0.476. The second kappa shape index (κ2) is 8.65. The van der Waals surface area contributed by atoms with E-state index < -0.39 is 5.97 Å². The van der Waals surface area contributed by atoms with Gasteiger partial charge in [0.15, 0.2) is 0 Å². The van der Waals surface area contributed by atoms with E-state index in [0.717, 1.165) is 44.6 Å². The highest BCUT2D eigenvalue weighted by Crippen LogP contribution is 2.24. The summed E-state index contributed by atoms with van der Waals surface area (Å²) in [5.41, 5.74) is 0.835. The number of ether oxygens (including phenoxy) is 2. The van der Waals surface area contributed by atoms with Crippen molar-refractivity contribution < 1.29 is 24.2 Å². The number of benzene rings is 1. The highest BCUT2D eigenvalue weighted by Gasteiger charge is 2.25. The van der Waals surface area contributed by atoms with Crippen LogP contribution in [0.4, 0.5) is 0 Å². The van der Waals surface area contributed by atoms with E-state index in [9.17, 15) is 9.59 Å². The van der Waals surface area contributed by atoms with Gasteiger partial charge in [-0.15, -0.1) is 0 Å². The Morgan fingerprint density at radius 2 is 1.72 bits per heavy atom. The summed E-state index contributed by atoms with van der Waals surface area (Å²) in [4.78, 5) is 25.7. The second-order valence-electron chi connectivity index (χ2n) is 7.49. The molecule has 0 radical (unpaired) electrons. The first-order chi connectivity index (χ1) is 14.1. The lowest BCUT2D eigenvalue weighted by Gasteiger charge is -2.32. The topological polar surface area (TPSA) is 93.9 Å². The summed E-state index contributed by atoms with van der Waals surface area (Å²) >= 11 is 0. The van der Waals surface area contributed by atoms with E-state index in [-0.39, 0.29) is 23.6 Å². The van der Waals surface area contributed by atoms with Crippen molar-refractivity contribution in [3.05, 3.63) is 47.8 Å². The molecule has 0 saturated carbocycles. The Balaban J connectivity index is 1.31. The van der Waals surface area contributed by atoms with Gasteiger partial charge in [0.2, 0.25) is 0 Å². The highest BCUT2D eigenvalue weighted by molar-refractivity contribution is 5.94. The van der Waals surface area contributed by atoms with Gasteiger partial charge >= 0.3 is 5.97 Å². The molecule has 0 atom stereocenters. The molecule has 1 N–H and O–H groups in total. The van der Waals surface area contributed by atoms with E-state index in [0.29, 0.717) is 18.7 Å². The number of piperidine rings is 1. The van der Waals surface area contributed by atoms with E-state index in [1.165, 1.54) is 6.20 Å². The number of carbonyl (C=O) groups is 2. The minimum absolute atomic E-state index is 0.00718. The summed E-state index contributed by atoms with van der Waals surface area (Å²) in [7, 11) is 0. The Kier molecular flexibility index (Phi) is 5.80. The maximum absolute atomic E-state index is 12.8. The number of rotatable bonds is 5. The van der Waals surface area contributed by atoms with Crippen LogP contribution in [0.2, 0.25) is 0 Å². The Morgan fingerprint density at radius 1 is 1.03 bits per heavy atom. The number of nitrogens with zero attached hydrogens (tertiary/aromatic N) is 3. The van der Waals surface area contributed by atoms with Gasteiger partial charge in [0, 0.05) is 37.7 Å². The van der Waals surface area contributed by atoms with Gasteiger partial charge in [0.05, 0.1) is 31.0 Å². The molecule has 0 unspecified atom stereocenters. The first kappa shape index (κ1) is 19.4. The zero-order chi connectivity index (χ0) is 20.2. The average Bonchev–Trinajstić information content (AvgIpc) is 3.25. The summed E-state index contributed by atoms with van der Waals surface area (Å²) in [6, 6.07) is 7.45. The molecule has 3 heterocycles. The monoisotopic (exact) mass is 399 g/mol. The van der Waals surface area contributed by atoms with Crippen LogP contribution < -0.4 is 4.74 Å². The molecule has 2 aliphatic heterocycles. The van der Waals surface area contributed by atoms with Gasteiger partial charge in [-0.2, -0.15) is 5.10 Å². The summed E-state index contributed by atoms with van der Waals surface area (Å²) in [5.74, 6) is -0.194. The molecule has 2 aliphatic rings. The van der Waals surface area contributed by atoms with Gasteiger partial charge < -0.3 is 19.5 Å². The minimum Gasteiger partial charge on any atom is -0.490 e. The summed E-state index contributed by atoms with van der Waals surface area (Å²) in [6.07, 6.45) is 6.37. The van der Waals surface area contributed by atoms with Crippen molar-refractivity contribution in [2.24, 2.45) is 0 Å². The van der Waals surface area contributed by atoms with Crippen LogP contribution in [-0.2, 0) is 4.74 Å². The van der Waals surface area contributed by atoms with E-state index in [1.807, 2.05) is 29.2 Å². The molecule has 1 aromatic heterocycles. The lowest BCUT2D eigenvalue weighted by molar-refractivity contribution is 0.0255. The maximum Gasteiger partial charge on any atom is 0.338 e. The molecule has 1 aromatic carbocycles. The lowest BCUT2D eigenvalue weighted by Crippen LogP contribution is -2.39. The van der Waals surface area contributed by atoms with Gasteiger partial charge in [-0.3, -0.25) is 9.48 Å². The van der Waals surface area contributed by atoms with Crippen LogP contribution in [0, 0.1) is 0 Å². The quantitative estimate of drug-likeness (QED) is 0.831. The molecule has 8 heteroatoms. The van der Waals surface area contributed by atoms with Crippen molar-refractivity contribution in [3.63, 3.8) is 0 Å². The third-order valence-corrected chi connectivity index (χ3v) is 5.55. The van der Waals surface area contributed by atoms with E-state index in [1.54, 1.807) is 10.9 Å². The number of hydrogen-bond donors (Lipinski definition) is 1. The van der Waals surface area contributed by atoms with Crippen molar-refractivity contribution in [1.29, 1.82) is 0 Å². The van der Waals surface area contributed by atoms with E-state index in [2.05, 4.69) is 5.10 Å². The number of carboxylic acids is 1. The zero-order valence-corrected chi connectivity index (χ0v) is 16.2. The van der Waals surface area contributed by atoms with Crippen molar-refractivity contribution in [3.8, 4) is 5.75 Å². The largest absolute Gasteiger partial charge is 0.490 e. The fourth-order valence-corrected chi connectivity index (χ4v) is 3.83. The van der Waals surface area contributed by atoms with Crippen LogP contribution >= 0.6 is 0 Å². The zero-order valence-electron chi connectivity index (χ0n) is 16.2. The average molecular weight is 399 g/mol. The van der Waals surface area contributed by atoms with Crippen molar-refractivity contribution in [2.75, 3.05) is 26.3 Å². The second-order valence-corrected chi connectivity index (χ2v) is 7.49. The molecule has 0 spiro atoms. The molecule has 4 rings (SSSR count). The molecular formula is C21H25N3O5. The summed E-state index contributed by atoms with van der Waals surface area (Å²) < 4.78 is 13.0. The van der Waals surface area contributed by atoms with Crippen LogP contribution in [0.15, 0.2) is 36.7 Å². The van der Waals surface area contributed by atoms with Crippen LogP contribution in [0.25, 0.3) is 0 Å². The number of carboxylic acid groups (broad SMARTS) is 1. The molecule has 154 valence electrons. The number of aromatic nitrogens is 2. The molecule has 2 aromatic rings. The Labute approximate surface area is 169 Å². The fourth-order valence-electron chi connectivity index (χ4n) is 3.83. The van der Waals surface area contributed by atoms with Crippen molar-refractivity contribution in [2.45, 2.75) is 37.8 Å². The molecule has 1 amide bonds. The number of aromatic carboxylic acids is 1. The smallest absolute Gasteiger partial charge is 0.338 e. The first-order valence-corrected chi connectivity index (χ1v) is 10.0. The third kappa shape index (κ3) is 4.59. The molecule has 8 nitrogen and oxygen atoms in total. The van der Waals surface area contributed by atoms with E-state index >= 15 is 0 Å². The predicted molar refractivity (Wildman–Crippen MR) is 104 cm³/mol. The van der Waals surface area contributed by atoms with Gasteiger partial charge in [0.25, 0.3) is 5.91 Å². The van der Waals surface area contributed by atoms with E-state index in [4.69, 9.17) is 14.6 Å². The Bertz CT molecular complexity index is 849. The third-order valence-electron chi connectivity index (χ3n) is 5.55. The molecular weight excluding hydrogens is 374 g/mol. The Hall–Kier alpha value is -2.87.